The molecule has 2 unspecified atom stereocenters. The molecule has 1 aromatic carbocycles. The zero-order valence-electron chi connectivity index (χ0n) is 11.8. The van der Waals surface area contributed by atoms with Crippen molar-refractivity contribution in [3.63, 3.8) is 0 Å². The topological polar surface area (TPSA) is 41.5 Å². The molecule has 1 aliphatic rings. The normalized spacial score (nSPS) is 22.8. The van der Waals surface area contributed by atoms with Crippen molar-refractivity contribution < 1.29 is 9.84 Å². The second kappa shape index (κ2) is 7.63. The van der Waals surface area contributed by atoms with Crippen LogP contribution in [0.1, 0.15) is 30.4 Å². The molecule has 1 aromatic rings. The maximum Gasteiger partial charge on any atom is 0.0716 e. The van der Waals surface area contributed by atoms with E-state index in [2.05, 4.69) is 29.6 Å². The van der Waals surface area contributed by atoms with Crippen molar-refractivity contribution >= 4 is 0 Å². The maximum absolute atomic E-state index is 9.32. The van der Waals surface area contributed by atoms with Crippen LogP contribution in [0.5, 0.6) is 0 Å². The lowest BCUT2D eigenvalue weighted by Gasteiger charge is -2.18. The van der Waals surface area contributed by atoms with Crippen molar-refractivity contribution in [2.75, 3.05) is 20.3 Å². The van der Waals surface area contributed by atoms with Gasteiger partial charge in [-0.1, -0.05) is 30.7 Å². The lowest BCUT2D eigenvalue weighted by molar-refractivity contribution is 0.183. The van der Waals surface area contributed by atoms with Gasteiger partial charge in [-0.3, -0.25) is 0 Å². The first-order chi connectivity index (χ1) is 9.35. The predicted octanol–water partition coefficient (Wildman–Crippen LogP) is 2.33. The lowest BCUT2D eigenvalue weighted by Crippen LogP contribution is -2.26. The van der Waals surface area contributed by atoms with Crippen LogP contribution in [0.3, 0.4) is 0 Å². The third kappa shape index (κ3) is 4.03. The Hall–Kier alpha value is -0.900. The number of methoxy groups -OCH3 is 1. The third-order valence-electron chi connectivity index (χ3n) is 4.19. The fraction of sp³-hybridized carbons (Fsp3) is 0.625. The molecule has 2 atom stereocenters. The number of benzene rings is 1. The Morgan fingerprint density at radius 1 is 1.21 bits per heavy atom. The Morgan fingerprint density at radius 2 is 1.95 bits per heavy atom. The van der Waals surface area contributed by atoms with Crippen LogP contribution in [0.25, 0.3) is 0 Å². The number of nitrogens with one attached hydrogen (secondary N) is 1. The van der Waals surface area contributed by atoms with Gasteiger partial charge >= 0.3 is 0 Å². The molecule has 0 aromatic heterocycles. The monoisotopic (exact) mass is 263 g/mol. The number of hydrogen-bond donors (Lipinski definition) is 2. The minimum absolute atomic E-state index is 0.340. The molecule has 2 rings (SSSR count). The summed E-state index contributed by atoms with van der Waals surface area (Å²) in [6.07, 6.45) is 3.69. The average Bonchev–Trinajstić information content (AvgIpc) is 2.88. The zero-order valence-corrected chi connectivity index (χ0v) is 11.8. The molecule has 106 valence electrons. The van der Waals surface area contributed by atoms with E-state index in [1.165, 1.54) is 30.4 Å². The highest BCUT2D eigenvalue weighted by Gasteiger charge is 2.25. The lowest BCUT2D eigenvalue weighted by atomic mass is 9.97. The summed E-state index contributed by atoms with van der Waals surface area (Å²) in [5, 5.41) is 12.9. The average molecular weight is 263 g/mol. The van der Waals surface area contributed by atoms with E-state index in [1.54, 1.807) is 7.11 Å². The van der Waals surface area contributed by atoms with Gasteiger partial charge in [-0.15, -0.1) is 0 Å². The van der Waals surface area contributed by atoms with Crippen molar-refractivity contribution in [1.29, 1.82) is 0 Å². The van der Waals surface area contributed by atoms with Crippen molar-refractivity contribution in [3.8, 4) is 0 Å². The zero-order chi connectivity index (χ0) is 13.5. The summed E-state index contributed by atoms with van der Waals surface area (Å²) < 4.78 is 5.22. The number of rotatable bonds is 7. The highest BCUT2D eigenvalue weighted by molar-refractivity contribution is 5.26. The molecular weight excluding hydrogens is 238 g/mol. The number of ether oxygens (including phenoxy) is 1. The third-order valence-corrected chi connectivity index (χ3v) is 4.19. The van der Waals surface area contributed by atoms with E-state index in [-0.39, 0.29) is 0 Å². The van der Waals surface area contributed by atoms with E-state index >= 15 is 0 Å². The molecule has 0 amide bonds. The summed E-state index contributed by atoms with van der Waals surface area (Å²) in [7, 11) is 1.73. The highest BCUT2D eigenvalue weighted by atomic mass is 16.5. The first-order valence-corrected chi connectivity index (χ1v) is 7.22. The molecule has 3 nitrogen and oxygen atoms in total. The standard InChI is InChI=1S/C16H25NO2/c1-19-12-16-6-3-2-5-14(16)10-17-9-13-7-4-8-15(13)11-18/h2-3,5-6,13,15,17-18H,4,7-12H2,1H3. The highest BCUT2D eigenvalue weighted by Crippen LogP contribution is 2.30. The molecule has 0 saturated heterocycles. The Morgan fingerprint density at radius 3 is 2.68 bits per heavy atom. The van der Waals surface area contributed by atoms with E-state index in [4.69, 9.17) is 4.74 Å². The first-order valence-electron chi connectivity index (χ1n) is 7.22. The van der Waals surface area contributed by atoms with E-state index in [0.717, 1.165) is 13.1 Å². The van der Waals surface area contributed by atoms with Gasteiger partial charge in [0.05, 0.1) is 6.61 Å². The van der Waals surface area contributed by atoms with Crippen LogP contribution >= 0.6 is 0 Å². The molecule has 0 bridgehead atoms. The van der Waals surface area contributed by atoms with Crippen LogP contribution in [0.15, 0.2) is 24.3 Å². The summed E-state index contributed by atoms with van der Waals surface area (Å²) in [5.41, 5.74) is 2.56. The van der Waals surface area contributed by atoms with Gasteiger partial charge in [-0.05, 0) is 42.3 Å². The fourth-order valence-electron chi connectivity index (χ4n) is 3.04. The summed E-state index contributed by atoms with van der Waals surface area (Å²) in [6, 6.07) is 8.39. The SMILES string of the molecule is COCc1ccccc1CNCC1CCCC1CO. The van der Waals surface area contributed by atoms with Gasteiger partial charge in [0, 0.05) is 20.3 Å². The molecule has 0 spiro atoms. The van der Waals surface area contributed by atoms with Gasteiger partial charge < -0.3 is 15.2 Å². The summed E-state index contributed by atoms with van der Waals surface area (Å²) in [5.74, 6) is 1.14. The second-order valence-corrected chi connectivity index (χ2v) is 5.47. The van der Waals surface area contributed by atoms with Crippen molar-refractivity contribution in [1.82, 2.24) is 5.32 Å². The van der Waals surface area contributed by atoms with Crippen LogP contribution in [0.2, 0.25) is 0 Å². The molecule has 0 radical (unpaired) electrons. The van der Waals surface area contributed by atoms with Gasteiger partial charge in [0.1, 0.15) is 0 Å². The van der Waals surface area contributed by atoms with Gasteiger partial charge in [-0.2, -0.15) is 0 Å². The predicted molar refractivity (Wildman–Crippen MR) is 76.8 cm³/mol. The minimum atomic E-state index is 0.340. The molecular formula is C16H25NO2. The molecule has 19 heavy (non-hydrogen) atoms. The smallest absolute Gasteiger partial charge is 0.0716 e. The van der Waals surface area contributed by atoms with E-state index in [1.807, 2.05) is 0 Å². The molecule has 0 heterocycles. The van der Waals surface area contributed by atoms with Crippen LogP contribution in [-0.2, 0) is 17.9 Å². The van der Waals surface area contributed by atoms with E-state index in [9.17, 15) is 5.11 Å². The van der Waals surface area contributed by atoms with Crippen LogP contribution < -0.4 is 5.32 Å². The van der Waals surface area contributed by atoms with Gasteiger partial charge in [0.2, 0.25) is 0 Å². The molecule has 0 aliphatic heterocycles. The van der Waals surface area contributed by atoms with Crippen molar-refractivity contribution in [3.05, 3.63) is 35.4 Å². The Bertz CT molecular complexity index is 381. The van der Waals surface area contributed by atoms with Gasteiger partial charge in [-0.25, -0.2) is 0 Å². The van der Waals surface area contributed by atoms with Crippen LogP contribution in [0.4, 0.5) is 0 Å². The van der Waals surface area contributed by atoms with Crippen LogP contribution in [-0.4, -0.2) is 25.4 Å². The Labute approximate surface area is 116 Å². The molecule has 3 heteroatoms. The van der Waals surface area contributed by atoms with Gasteiger partial charge in [0.15, 0.2) is 0 Å². The number of aliphatic hydroxyl groups is 1. The first kappa shape index (κ1) is 14.5. The molecule has 1 saturated carbocycles. The minimum Gasteiger partial charge on any atom is -0.396 e. The molecule has 2 N–H and O–H groups in total. The second-order valence-electron chi connectivity index (χ2n) is 5.47. The number of aliphatic hydroxyl groups excluding tert-OH is 1. The fourth-order valence-corrected chi connectivity index (χ4v) is 3.04. The summed E-state index contributed by atoms with van der Waals surface area (Å²) in [4.78, 5) is 0. The summed E-state index contributed by atoms with van der Waals surface area (Å²) >= 11 is 0. The maximum atomic E-state index is 9.32. The largest absolute Gasteiger partial charge is 0.396 e. The van der Waals surface area contributed by atoms with E-state index in [0.29, 0.717) is 25.0 Å². The van der Waals surface area contributed by atoms with Crippen molar-refractivity contribution in [2.24, 2.45) is 11.8 Å². The van der Waals surface area contributed by atoms with Crippen molar-refractivity contribution in [2.45, 2.75) is 32.4 Å². The molecule has 1 aliphatic carbocycles. The van der Waals surface area contributed by atoms with Gasteiger partial charge in [0.25, 0.3) is 0 Å². The van der Waals surface area contributed by atoms with Crippen LogP contribution in [0, 0.1) is 11.8 Å². The number of hydrogen-bond acceptors (Lipinski definition) is 3. The quantitative estimate of drug-likeness (QED) is 0.793. The summed E-state index contributed by atoms with van der Waals surface area (Å²) in [6.45, 7) is 2.90. The molecule has 1 fully saturated rings. The van der Waals surface area contributed by atoms with E-state index < -0.39 is 0 Å². The Kier molecular flexibility index (Phi) is 5.83. The Balaban J connectivity index is 1.82.